The van der Waals surface area contributed by atoms with Gasteiger partial charge in [0.25, 0.3) is 0 Å². The van der Waals surface area contributed by atoms with E-state index in [0.29, 0.717) is 0 Å². The van der Waals surface area contributed by atoms with Crippen molar-refractivity contribution in [3.05, 3.63) is 90.5 Å². The van der Waals surface area contributed by atoms with E-state index in [-0.39, 0.29) is 11.0 Å². The molecule has 2 nitrogen and oxygen atoms in total. The molecule has 0 spiro atoms. The average Bonchev–Trinajstić information content (AvgIpc) is 2.83. The van der Waals surface area contributed by atoms with Crippen molar-refractivity contribution < 1.29 is 9.47 Å². The van der Waals surface area contributed by atoms with Gasteiger partial charge in [-0.2, -0.15) is 0 Å². The predicted molar refractivity (Wildman–Crippen MR) is 157 cm³/mol. The molecule has 1 aliphatic rings. The molecule has 0 amide bonds. The monoisotopic (exact) mass is 544 g/mol. The topological polar surface area (TPSA) is 18.5 Å². The van der Waals surface area contributed by atoms with Crippen molar-refractivity contribution in [2.45, 2.75) is 81.9 Å². The van der Waals surface area contributed by atoms with E-state index < -0.39 is 0 Å². The summed E-state index contributed by atoms with van der Waals surface area (Å²) < 4.78 is 12.1. The van der Waals surface area contributed by atoms with Gasteiger partial charge in [0.2, 0.25) is 0 Å². The molecular weight excluding hydrogens is 513 g/mol. The molecular formula is C32H32O2S3. The van der Waals surface area contributed by atoms with Gasteiger partial charge < -0.3 is 9.47 Å². The first-order valence-electron chi connectivity index (χ1n) is 12.4. The Morgan fingerprint density at radius 1 is 0.541 bits per heavy atom. The van der Waals surface area contributed by atoms with Crippen LogP contribution in [0, 0.1) is 0 Å². The molecule has 0 aliphatic carbocycles. The fourth-order valence-electron chi connectivity index (χ4n) is 3.87. The Labute approximate surface area is 233 Å². The standard InChI is InChI=1S/C32H32O2S3/c1-31(2,3)21-7-17-27-29(19-21)36-28-18-12-24(20-30(28)37-27)33-22-8-13-25(14-9-22)35-26-15-10-23(11-16-26)34-32(4,5)6/h7-20H,1-6H3. The summed E-state index contributed by atoms with van der Waals surface area (Å²) in [6.45, 7) is 13.0. The summed E-state index contributed by atoms with van der Waals surface area (Å²) in [5.41, 5.74) is 1.33. The summed E-state index contributed by atoms with van der Waals surface area (Å²) >= 11 is 5.39. The van der Waals surface area contributed by atoms with E-state index in [2.05, 4.69) is 102 Å². The van der Waals surface area contributed by atoms with Gasteiger partial charge in [0.15, 0.2) is 0 Å². The summed E-state index contributed by atoms with van der Waals surface area (Å²) in [4.78, 5) is 7.51. The van der Waals surface area contributed by atoms with Crippen LogP contribution in [0.2, 0.25) is 0 Å². The van der Waals surface area contributed by atoms with E-state index in [1.165, 1.54) is 34.9 Å². The van der Waals surface area contributed by atoms with Gasteiger partial charge in [-0.25, -0.2) is 0 Å². The molecule has 4 aromatic carbocycles. The van der Waals surface area contributed by atoms with Crippen LogP contribution in [0.15, 0.2) is 114 Å². The third-order valence-electron chi connectivity index (χ3n) is 5.71. The van der Waals surface area contributed by atoms with Gasteiger partial charge in [-0.1, -0.05) is 62.1 Å². The maximum absolute atomic E-state index is 6.22. The number of hydrogen-bond donors (Lipinski definition) is 0. The maximum Gasteiger partial charge on any atom is 0.128 e. The van der Waals surface area contributed by atoms with E-state index in [9.17, 15) is 0 Å². The number of ether oxygens (including phenoxy) is 2. The number of hydrogen-bond acceptors (Lipinski definition) is 5. The lowest BCUT2D eigenvalue weighted by molar-refractivity contribution is 0.131. The Balaban J connectivity index is 1.23. The number of benzene rings is 4. The first-order valence-corrected chi connectivity index (χ1v) is 14.9. The molecule has 0 radical (unpaired) electrons. The Bertz CT molecular complexity index is 1400. The molecule has 0 saturated heterocycles. The predicted octanol–water partition coefficient (Wildman–Crippen LogP) is 10.7. The van der Waals surface area contributed by atoms with Crippen LogP contribution in [0.4, 0.5) is 0 Å². The van der Waals surface area contributed by atoms with Gasteiger partial charge in [-0.15, -0.1) is 0 Å². The maximum atomic E-state index is 6.22. The molecule has 0 atom stereocenters. The van der Waals surface area contributed by atoms with Crippen LogP contribution in [0.5, 0.6) is 17.2 Å². The molecule has 0 fully saturated rings. The second-order valence-electron chi connectivity index (χ2n) is 11.1. The second-order valence-corrected chi connectivity index (χ2v) is 14.4. The fraction of sp³-hybridized carbons (Fsp3) is 0.250. The largest absolute Gasteiger partial charge is 0.488 e. The van der Waals surface area contributed by atoms with Crippen molar-refractivity contribution in [1.29, 1.82) is 0 Å². The van der Waals surface area contributed by atoms with Gasteiger partial charge in [-0.05, 0) is 111 Å². The average molecular weight is 545 g/mol. The molecule has 5 heteroatoms. The van der Waals surface area contributed by atoms with Crippen LogP contribution in [-0.4, -0.2) is 5.60 Å². The van der Waals surface area contributed by atoms with E-state index in [1.807, 2.05) is 47.8 Å². The Morgan fingerprint density at radius 3 is 1.62 bits per heavy atom. The highest BCUT2D eigenvalue weighted by Gasteiger charge is 2.21. The van der Waals surface area contributed by atoms with E-state index in [4.69, 9.17) is 9.47 Å². The highest BCUT2D eigenvalue weighted by molar-refractivity contribution is 8.05. The zero-order valence-corrected chi connectivity index (χ0v) is 24.6. The van der Waals surface area contributed by atoms with Crippen molar-refractivity contribution >= 4 is 35.3 Å². The summed E-state index contributed by atoms with van der Waals surface area (Å²) in [5, 5.41) is 0. The van der Waals surface area contributed by atoms with Crippen molar-refractivity contribution in [2.75, 3.05) is 0 Å². The minimum Gasteiger partial charge on any atom is -0.488 e. The third kappa shape index (κ3) is 6.70. The Hall–Kier alpha value is -2.47. The van der Waals surface area contributed by atoms with Gasteiger partial charge >= 0.3 is 0 Å². The molecule has 37 heavy (non-hydrogen) atoms. The quantitative estimate of drug-likeness (QED) is 0.218. The minimum atomic E-state index is -0.194. The molecule has 1 heterocycles. The fourth-order valence-corrected chi connectivity index (χ4v) is 6.95. The molecule has 0 saturated carbocycles. The zero-order chi connectivity index (χ0) is 26.2. The lowest BCUT2D eigenvalue weighted by Gasteiger charge is -2.24. The number of fused-ring (bicyclic) bond motifs is 2. The van der Waals surface area contributed by atoms with Crippen molar-refractivity contribution in [2.24, 2.45) is 0 Å². The summed E-state index contributed by atoms with van der Waals surface area (Å²) in [7, 11) is 0. The number of rotatable bonds is 5. The first-order chi connectivity index (χ1) is 17.5. The van der Waals surface area contributed by atoms with Gasteiger partial charge in [-0.3, -0.25) is 0 Å². The molecule has 0 bridgehead atoms. The molecule has 190 valence electrons. The van der Waals surface area contributed by atoms with Gasteiger partial charge in [0, 0.05) is 29.4 Å². The van der Waals surface area contributed by atoms with Crippen LogP contribution in [-0.2, 0) is 5.41 Å². The first kappa shape index (κ1) is 26.1. The zero-order valence-electron chi connectivity index (χ0n) is 22.1. The van der Waals surface area contributed by atoms with Crippen LogP contribution in [0.25, 0.3) is 0 Å². The smallest absolute Gasteiger partial charge is 0.128 e. The van der Waals surface area contributed by atoms with Gasteiger partial charge in [0.05, 0.1) is 0 Å². The van der Waals surface area contributed by atoms with Crippen LogP contribution in [0.3, 0.4) is 0 Å². The van der Waals surface area contributed by atoms with Crippen molar-refractivity contribution in [1.82, 2.24) is 0 Å². The second kappa shape index (κ2) is 10.4. The highest BCUT2D eigenvalue weighted by atomic mass is 32.2. The van der Waals surface area contributed by atoms with Crippen LogP contribution < -0.4 is 9.47 Å². The normalized spacial score (nSPS) is 13.0. The lowest BCUT2D eigenvalue weighted by Crippen LogP contribution is -2.22. The summed E-state index contributed by atoms with van der Waals surface area (Å²) in [5.74, 6) is 2.58. The molecule has 4 aromatic rings. The van der Waals surface area contributed by atoms with E-state index in [0.717, 1.165) is 17.2 Å². The third-order valence-corrected chi connectivity index (χ3v) is 9.25. The minimum absolute atomic E-state index is 0.151. The summed E-state index contributed by atoms with van der Waals surface area (Å²) in [6.07, 6.45) is 0. The van der Waals surface area contributed by atoms with Gasteiger partial charge in [0.1, 0.15) is 22.8 Å². The Kier molecular flexibility index (Phi) is 7.32. The molecule has 0 aromatic heterocycles. The van der Waals surface area contributed by atoms with Crippen LogP contribution in [0.1, 0.15) is 47.1 Å². The van der Waals surface area contributed by atoms with Crippen LogP contribution >= 0.6 is 35.3 Å². The van der Waals surface area contributed by atoms with E-state index >= 15 is 0 Å². The molecule has 0 N–H and O–H groups in total. The molecule has 0 unspecified atom stereocenters. The SMILES string of the molecule is CC(C)(C)Oc1ccc(Sc2ccc(Oc3ccc4c(c3)Sc3ccc(C(C)(C)C)cc3S4)cc2)cc1. The van der Waals surface area contributed by atoms with Crippen molar-refractivity contribution in [3.8, 4) is 17.2 Å². The summed E-state index contributed by atoms with van der Waals surface area (Å²) in [6, 6.07) is 29.8. The molecule has 5 rings (SSSR count). The lowest BCUT2D eigenvalue weighted by atomic mass is 9.87. The van der Waals surface area contributed by atoms with E-state index in [1.54, 1.807) is 11.8 Å². The Morgan fingerprint density at radius 2 is 1.05 bits per heavy atom. The highest BCUT2D eigenvalue weighted by Crippen LogP contribution is 2.50. The molecule has 1 aliphatic heterocycles. The van der Waals surface area contributed by atoms with Crippen molar-refractivity contribution in [3.63, 3.8) is 0 Å².